The van der Waals surface area contributed by atoms with Crippen molar-refractivity contribution in [3.63, 3.8) is 0 Å². The normalized spacial score (nSPS) is 19.1. The minimum atomic E-state index is -0.0571. The molecule has 0 N–H and O–H groups in total. The lowest BCUT2D eigenvalue weighted by Gasteiger charge is -2.27. The molecule has 0 aromatic heterocycles. The SMILES string of the molecule is CCCCCC[C@@H](C)Oc1ccc(-c2ccc(OC(=O)[C@H]3CC[C@H](CCCC[C@@H](C)CC)CC3)cc2)cc1. The van der Waals surface area contributed by atoms with Crippen LogP contribution in [0.3, 0.4) is 0 Å². The van der Waals surface area contributed by atoms with Crippen LogP contribution >= 0.6 is 0 Å². The zero-order valence-corrected chi connectivity index (χ0v) is 24.6. The summed E-state index contributed by atoms with van der Waals surface area (Å²) in [5, 5.41) is 0. The standard InChI is InChI=1S/C35H52O3/c1-5-7-8-9-13-28(4)37-33-23-19-30(20-24-33)31-21-25-34(26-22-31)38-35(36)32-17-15-29(16-18-32)14-11-10-12-27(3)6-2/h19-29,32H,5-18H2,1-4H3/t27-,28+,29-,32-/m0/s1. The van der Waals surface area contributed by atoms with Gasteiger partial charge in [0.2, 0.25) is 0 Å². The quantitative estimate of drug-likeness (QED) is 0.125. The van der Waals surface area contributed by atoms with Gasteiger partial charge in [-0.1, -0.05) is 96.4 Å². The second kappa shape index (κ2) is 16.6. The Morgan fingerprint density at radius 3 is 1.97 bits per heavy atom. The van der Waals surface area contributed by atoms with Crippen molar-refractivity contribution in [2.24, 2.45) is 17.8 Å². The first-order valence-corrected chi connectivity index (χ1v) is 15.6. The van der Waals surface area contributed by atoms with Crippen LogP contribution in [-0.4, -0.2) is 12.1 Å². The zero-order chi connectivity index (χ0) is 27.2. The fourth-order valence-electron chi connectivity index (χ4n) is 5.61. The molecule has 1 saturated carbocycles. The first-order chi connectivity index (χ1) is 18.5. The summed E-state index contributed by atoms with van der Waals surface area (Å²) in [7, 11) is 0. The van der Waals surface area contributed by atoms with Crippen LogP contribution in [0.15, 0.2) is 48.5 Å². The number of rotatable bonds is 16. The van der Waals surface area contributed by atoms with Gasteiger partial charge in [0, 0.05) is 0 Å². The predicted molar refractivity (Wildman–Crippen MR) is 160 cm³/mol. The summed E-state index contributed by atoms with van der Waals surface area (Å²) in [5.74, 6) is 3.20. The molecule has 3 heteroatoms. The Morgan fingerprint density at radius 1 is 0.763 bits per heavy atom. The summed E-state index contributed by atoms with van der Waals surface area (Å²) in [6.45, 7) is 9.03. The van der Waals surface area contributed by atoms with Crippen molar-refractivity contribution < 1.29 is 14.3 Å². The predicted octanol–water partition coefficient (Wildman–Crippen LogP) is 10.4. The minimum Gasteiger partial charge on any atom is -0.491 e. The molecule has 0 spiro atoms. The molecule has 38 heavy (non-hydrogen) atoms. The Kier molecular flexibility index (Phi) is 13.2. The smallest absolute Gasteiger partial charge is 0.314 e. The van der Waals surface area contributed by atoms with Gasteiger partial charge in [-0.15, -0.1) is 0 Å². The van der Waals surface area contributed by atoms with Crippen molar-refractivity contribution in [2.75, 3.05) is 0 Å². The highest BCUT2D eigenvalue weighted by Gasteiger charge is 2.27. The van der Waals surface area contributed by atoms with Crippen molar-refractivity contribution in [3.8, 4) is 22.6 Å². The van der Waals surface area contributed by atoms with E-state index in [0.29, 0.717) is 5.75 Å². The summed E-state index contributed by atoms with van der Waals surface area (Å²) >= 11 is 0. The van der Waals surface area contributed by atoms with E-state index in [0.717, 1.165) is 48.0 Å². The Balaban J connectivity index is 1.39. The average Bonchev–Trinajstić information content (AvgIpc) is 2.94. The van der Waals surface area contributed by atoms with Crippen LogP contribution in [0.4, 0.5) is 0 Å². The number of unbranched alkanes of at least 4 members (excludes halogenated alkanes) is 4. The van der Waals surface area contributed by atoms with E-state index in [1.807, 2.05) is 36.4 Å². The number of carbonyl (C=O) groups excluding carboxylic acids is 1. The van der Waals surface area contributed by atoms with E-state index in [9.17, 15) is 4.79 Å². The first-order valence-electron chi connectivity index (χ1n) is 15.6. The Morgan fingerprint density at radius 2 is 1.37 bits per heavy atom. The van der Waals surface area contributed by atoms with Crippen LogP contribution in [0.5, 0.6) is 11.5 Å². The van der Waals surface area contributed by atoms with Crippen LogP contribution in [0.25, 0.3) is 11.1 Å². The summed E-state index contributed by atoms with van der Waals surface area (Å²) in [4.78, 5) is 12.8. The van der Waals surface area contributed by atoms with Crippen LogP contribution in [-0.2, 0) is 4.79 Å². The van der Waals surface area contributed by atoms with Gasteiger partial charge in [-0.3, -0.25) is 4.79 Å². The highest BCUT2D eigenvalue weighted by molar-refractivity contribution is 5.75. The molecular formula is C35H52O3. The number of ether oxygens (including phenoxy) is 2. The third kappa shape index (κ3) is 10.5. The molecule has 0 aliphatic heterocycles. The average molecular weight is 521 g/mol. The van der Waals surface area contributed by atoms with Gasteiger partial charge in [0.25, 0.3) is 0 Å². The zero-order valence-electron chi connectivity index (χ0n) is 24.6. The topological polar surface area (TPSA) is 35.5 Å². The van der Waals surface area contributed by atoms with Gasteiger partial charge in [0.15, 0.2) is 0 Å². The maximum atomic E-state index is 12.8. The summed E-state index contributed by atoms with van der Waals surface area (Å²) < 4.78 is 11.9. The van der Waals surface area contributed by atoms with Crippen LogP contribution < -0.4 is 9.47 Å². The lowest BCUT2D eigenvalue weighted by Crippen LogP contribution is -2.25. The number of carbonyl (C=O) groups is 1. The lowest BCUT2D eigenvalue weighted by atomic mass is 9.79. The minimum absolute atomic E-state index is 0.0487. The maximum absolute atomic E-state index is 12.8. The largest absolute Gasteiger partial charge is 0.491 e. The van der Waals surface area contributed by atoms with E-state index in [4.69, 9.17) is 9.47 Å². The van der Waals surface area contributed by atoms with E-state index >= 15 is 0 Å². The fourth-order valence-corrected chi connectivity index (χ4v) is 5.61. The van der Waals surface area contributed by atoms with Crippen molar-refractivity contribution in [1.29, 1.82) is 0 Å². The van der Waals surface area contributed by atoms with Gasteiger partial charge in [-0.05, 0) is 92.7 Å². The second-order valence-electron chi connectivity index (χ2n) is 11.8. The molecule has 2 aromatic carbocycles. The van der Waals surface area contributed by atoms with Gasteiger partial charge in [-0.2, -0.15) is 0 Å². The molecule has 0 heterocycles. The van der Waals surface area contributed by atoms with Gasteiger partial charge >= 0.3 is 5.97 Å². The summed E-state index contributed by atoms with van der Waals surface area (Å²) in [6, 6.07) is 16.2. The van der Waals surface area contributed by atoms with Gasteiger partial charge in [0.05, 0.1) is 12.0 Å². The number of hydrogen-bond acceptors (Lipinski definition) is 3. The molecule has 0 saturated heterocycles. The van der Waals surface area contributed by atoms with E-state index in [2.05, 4.69) is 39.8 Å². The van der Waals surface area contributed by atoms with Gasteiger partial charge in [-0.25, -0.2) is 0 Å². The monoisotopic (exact) mass is 520 g/mol. The third-order valence-electron chi connectivity index (χ3n) is 8.50. The Hall–Kier alpha value is -2.29. The molecule has 1 fully saturated rings. The van der Waals surface area contributed by atoms with Crippen LogP contribution in [0, 0.1) is 17.8 Å². The van der Waals surface area contributed by atoms with E-state index < -0.39 is 0 Å². The molecule has 1 aliphatic rings. The molecular weight excluding hydrogens is 468 g/mol. The number of esters is 1. The fraction of sp³-hybridized carbons (Fsp3) is 0.629. The molecule has 2 atom stereocenters. The van der Waals surface area contributed by atoms with Gasteiger partial charge in [0.1, 0.15) is 11.5 Å². The molecule has 0 unspecified atom stereocenters. The van der Waals surface area contributed by atoms with E-state index in [1.54, 1.807) is 0 Å². The van der Waals surface area contributed by atoms with E-state index in [-0.39, 0.29) is 18.0 Å². The third-order valence-corrected chi connectivity index (χ3v) is 8.50. The molecule has 0 bridgehead atoms. The highest BCUT2D eigenvalue weighted by atomic mass is 16.5. The summed E-state index contributed by atoms with van der Waals surface area (Å²) in [5.41, 5.74) is 2.24. The maximum Gasteiger partial charge on any atom is 0.314 e. The van der Waals surface area contributed by atoms with Crippen molar-refractivity contribution in [2.45, 2.75) is 124 Å². The van der Waals surface area contributed by atoms with Crippen molar-refractivity contribution >= 4 is 5.97 Å². The molecule has 2 aromatic rings. The summed E-state index contributed by atoms with van der Waals surface area (Å²) in [6.07, 6.45) is 17.3. The molecule has 0 amide bonds. The molecule has 1 aliphatic carbocycles. The van der Waals surface area contributed by atoms with Crippen molar-refractivity contribution in [1.82, 2.24) is 0 Å². The Labute approximate surface area is 232 Å². The molecule has 210 valence electrons. The highest BCUT2D eigenvalue weighted by Crippen LogP contribution is 2.33. The Bertz CT molecular complexity index is 909. The second-order valence-corrected chi connectivity index (χ2v) is 11.8. The lowest BCUT2D eigenvalue weighted by molar-refractivity contribution is -0.140. The van der Waals surface area contributed by atoms with Crippen LogP contribution in [0.2, 0.25) is 0 Å². The van der Waals surface area contributed by atoms with Gasteiger partial charge < -0.3 is 9.47 Å². The molecule has 3 rings (SSSR count). The van der Waals surface area contributed by atoms with E-state index in [1.165, 1.54) is 70.6 Å². The number of benzene rings is 2. The first kappa shape index (κ1) is 30.3. The van der Waals surface area contributed by atoms with Crippen LogP contribution in [0.1, 0.15) is 118 Å². The number of hydrogen-bond donors (Lipinski definition) is 0. The van der Waals surface area contributed by atoms with Crippen molar-refractivity contribution in [3.05, 3.63) is 48.5 Å². The molecule has 3 nitrogen and oxygen atoms in total. The molecule has 0 radical (unpaired) electrons.